The first-order valence-electron chi connectivity index (χ1n) is 6.05. The molecule has 4 nitrogen and oxygen atoms in total. The maximum atomic E-state index is 11.6. The van der Waals surface area contributed by atoms with Gasteiger partial charge < -0.3 is 10.6 Å². The molecule has 1 aromatic rings. The fourth-order valence-electron chi connectivity index (χ4n) is 1.39. The Morgan fingerprint density at radius 3 is 2.63 bits per heavy atom. The summed E-state index contributed by atoms with van der Waals surface area (Å²) >= 11 is 0. The number of amides is 2. The molecule has 0 radical (unpaired) electrons. The summed E-state index contributed by atoms with van der Waals surface area (Å²) in [6.45, 7) is 5.52. The Labute approximate surface area is 113 Å². The number of nitrogens with one attached hydrogen (secondary N) is 2. The van der Waals surface area contributed by atoms with Crippen molar-refractivity contribution >= 4 is 17.9 Å². The molecule has 2 amide bonds. The molecule has 19 heavy (non-hydrogen) atoms. The molecule has 100 valence electrons. The first kappa shape index (κ1) is 14.7. The lowest BCUT2D eigenvalue weighted by molar-refractivity contribution is -0.126. The molecule has 1 rings (SSSR count). The van der Waals surface area contributed by atoms with Gasteiger partial charge in [0.05, 0.1) is 0 Å². The predicted octanol–water partition coefficient (Wildman–Crippen LogP) is 1.51. The standard InChI is InChI=1S/C15H18N2O2/c1-3-11-16-15(19)12(2)17-14(18)10-9-13-7-5-4-6-8-13/h3-10,12H,1,11H2,2H3,(H,16,19)(H,17,18)/b10-9+. The minimum Gasteiger partial charge on any atom is -0.351 e. The van der Waals surface area contributed by atoms with Crippen LogP contribution in [0.15, 0.2) is 49.1 Å². The Balaban J connectivity index is 2.44. The quantitative estimate of drug-likeness (QED) is 0.600. The molecular formula is C15H18N2O2. The highest BCUT2D eigenvalue weighted by molar-refractivity contribution is 5.95. The molecule has 0 fully saturated rings. The van der Waals surface area contributed by atoms with E-state index in [1.165, 1.54) is 6.08 Å². The number of hydrogen-bond donors (Lipinski definition) is 2. The maximum absolute atomic E-state index is 11.6. The van der Waals surface area contributed by atoms with E-state index in [1.54, 1.807) is 19.1 Å². The average molecular weight is 258 g/mol. The number of carbonyl (C=O) groups is 2. The zero-order chi connectivity index (χ0) is 14.1. The molecule has 0 saturated carbocycles. The van der Waals surface area contributed by atoms with Crippen molar-refractivity contribution in [2.75, 3.05) is 6.54 Å². The van der Waals surface area contributed by atoms with E-state index in [-0.39, 0.29) is 11.8 Å². The smallest absolute Gasteiger partial charge is 0.244 e. The van der Waals surface area contributed by atoms with Crippen molar-refractivity contribution < 1.29 is 9.59 Å². The number of benzene rings is 1. The van der Waals surface area contributed by atoms with Crippen LogP contribution in [0.25, 0.3) is 6.08 Å². The minimum absolute atomic E-state index is 0.235. The fraction of sp³-hybridized carbons (Fsp3) is 0.200. The van der Waals surface area contributed by atoms with Crippen molar-refractivity contribution in [3.05, 3.63) is 54.6 Å². The van der Waals surface area contributed by atoms with Crippen LogP contribution >= 0.6 is 0 Å². The molecule has 0 aliphatic rings. The number of hydrogen-bond acceptors (Lipinski definition) is 2. The highest BCUT2D eigenvalue weighted by atomic mass is 16.2. The summed E-state index contributed by atoms with van der Waals surface area (Å²) in [5, 5.41) is 5.20. The molecule has 0 aliphatic carbocycles. The van der Waals surface area contributed by atoms with Crippen LogP contribution in [0.4, 0.5) is 0 Å². The summed E-state index contributed by atoms with van der Waals surface area (Å²) < 4.78 is 0. The zero-order valence-corrected chi connectivity index (χ0v) is 10.9. The lowest BCUT2D eigenvalue weighted by atomic mass is 10.2. The molecule has 0 saturated heterocycles. The van der Waals surface area contributed by atoms with E-state index >= 15 is 0 Å². The second-order valence-corrected chi connectivity index (χ2v) is 4.01. The van der Waals surface area contributed by atoms with Crippen molar-refractivity contribution in [3.63, 3.8) is 0 Å². The Bertz CT molecular complexity index is 466. The summed E-state index contributed by atoms with van der Waals surface area (Å²) in [4.78, 5) is 23.1. The van der Waals surface area contributed by atoms with Gasteiger partial charge in [0, 0.05) is 12.6 Å². The number of rotatable bonds is 6. The fourth-order valence-corrected chi connectivity index (χ4v) is 1.39. The topological polar surface area (TPSA) is 58.2 Å². The monoisotopic (exact) mass is 258 g/mol. The third kappa shape index (κ3) is 5.68. The maximum Gasteiger partial charge on any atom is 0.244 e. The highest BCUT2D eigenvalue weighted by Crippen LogP contribution is 2.00. The van der Waals surface area contributed by atoms with Crippen LogP contribution in [0.2, 0.25) is 0 Å². The first-order valence-corrected chi connectivity index (χ1v) is 6.05. The first-order chi connectivity index (χ1) is 9.13. The van der Waals surface area contributed by atoms with E-state index in [9.17, 15) is 9.59 Å². The van der Waals surface area contributed by atoms with Gasteiger partial charge in [0.1, 0.15) is 6.04 Å². The second kappa shape index (κ2) is 7.87. The number of carbonyl (C=O) groups excluding carboxylic acids is 2. The lowest BCUT2D eigenvalue weighted by Gasteiger charge is -2.11. The van der Waals surface area contributed by atoms with E-state index in [1.807, 2.05) is 30.3 Å². The Morgan fingerprint density at radius 1 is 1.32 bits per heavy atom. The SMILES string of the molecule is C=CCNC(=O)C(C)NC(=O)/C=C/c1ccccc1. The van der Waals surface area contributed by atoms with E-state index in [2.05, 4.69) is 17.2 Å². The van der Waals surface area contributed by atoms with Crippen LogP contribution in [0.5, 0.6) is 0 Å². The van der Waals surface area contributed by atoms with Gasteiger partial charge in [-0.2, -0.15) is 0 Å². The van der Waals surface area contributed by atoms with Crippen molar-refractivity contribution in [1.82, 2.24) is 10.6 Å². The molecular weight excluding hydrogens is 240 g/mol. The van der Waals surface area contributed by atoms with Crippen LogP contribution in [0, 0.1) is 0 Å². The summed E-state index contributed by atoms with van der Waals surface area (Å²) in [6.07, 6.45) is 4.69. The molecule has 0 aromatic heterocycles. The molecule has 0 bridgehead atoms. The van der Waals surface area contributed by atoms with Crippen LogP contribution in [0.3, 0.4) is 0 Å². The third-order valence-corrected chi connectivity index (χ3v) is 2.40. The van der Waals surface area contributed by atoms with E-state index in [0.717, 1.165) is 5.56 Å². The van der Waals surface area contributed by atoms with Gasteiger partial charge in [-0.25, -0.2) is 0 Å². The largest absolute Gasteiger partial charge is 0.351 e. The molecule has 2 N–H and O–H groups in total. The molecule has 1 aromatic carbocycles. The zero-order valence-electron chi connectivity index (χ0n) is 10.9. The van der Waals surface area contributed by atoms with E-state index < -0.39 is 6.04 Å². The molecule has 0 heterocycles. The van der Waals surface area contributed by atoms with Crippen molar-refractivity contribution in [2.45, 2.75) is 13.0 Å². The van der Waals surface area contributed by atoms with Gasteiger partial charge in [-0.05, 0) is 18.6 Å². The van der Waals surface area contributed by atoms with Gasteiger partial charge >= 0.3 is 0 Å². The third-order valence-electron chi connectivity index (χ3n) is 2.40. The van der Waals surface area contributed by atoms with Crippen molar-refractivity contribution in [1.29, 1.82) is 0 Å². The van der Waals surface area contributed by atoms with Crippen molar-refractivity contribution in [3.8, 4) is 0 Å². The normalized spacial score (nSPS) is 11.8. The van der Waals surface area contributed by atoms with Crippen LogP contribution in [-0.2, 0) is 9.59 Å². The summed E-state index contributed by atoms with van der Waals surface area (Å²) in [6, 6.07) is 8.90. The van der Waals surface area contributed by atoms with E-state index in [4.69, 9.17) is 0 Å². The summed E-state index contributed by atoms with van der Waals surface area (Å²) in [7, 11) is 0. The summed E-state index contributed by atoms with van der Waals surface area (Å²) in [5.74, 6) is -0.536. The van der Waals surface area contributed by atoms with Gasteiger partial charge in [-0.1, -0.05) is 36.4 Å². The lowest BCUT2D eigenvalue weighted by Crippen LogP contribution is -2.44. The Morgan fingerprint density at radius 2 is 2.00 bits per heavy atom. The van der Waals surface area contributed by atoms with Gasteiger partial charge in [0.25, 0.3) is 0 Å². The van der Waals surface area contributed by atoms with Crippen molar-refractivity contribution in [2.24, 2.45) is 0 Å². The highest BCUT2D eigenvalue weighted by Gasteiger charge is 2.12. The summed E-state index contributed by atoms with van der Waals surface area (Å²) in [5.41, 5.74) is 0.932. The Kier molecular flexibility index (Phi) is 6.09. The van der Waals surface area contributed by atoms with Crippen LogP contribution in [0.1, 0.15) is 12.5 Å². The van der Waals surface area contributed by atoms with Crippen LogP contribution < -0.4 is 10.6 Å². The Hall–Kier alpha value is -2.36. The minimum atomic E-state index is -0.576. The van der Waals surface area contributed by atoms with Gasteiger partial charge in [-0.15, -0.1) is 6.58 Å². The molecule has 0 aliphatic heterocycles. The molecule has 0 spiro atoms. The molecule has 1 atom stereocenters. The van der Waals surface area contributed by atoms with E-state index in [0.29, 0.717) is 6.54 Å². The van der Waals surface area contributed by atoms with Gasteiger partial charge in [-0.3, -0.25) is 9.59 Å². The average Bonchev–Trinajstić information content (AvgIpc) is 2.43. The van der Waals surface area contributed by atoms with Gasteiger partial charge in [0.15, 0.2) is 0 Å². The van der Waals surface area contributed by atoms with Crippen LogP contribution in [-0.4, -0.2) is 24.4 Å². The molecule has 4 heteroatoms. The second-order valence-electron chi connectivity index (χ2n) is 4.01. The molecule has 1 unspecified atom stereocenters. The predicted molar refractivity (Wildman–Crippen MR) is 76.3 cm³/mol. The van der Waals surface area contributed by atoms with Gasteiger partial charge in [0.2, 0.25) is 11.8 Å².